The van der Waals surface area contributed by atoms with Crippen molar-refractivity contribution in [1.29, 1.82) is 0 Å². The van der Waals surface area contributed by atoms with Crippen molar-refractivity contribution >= 4 is 17.5 Å². The average molecular weight is 451 g/mol. The molecule has 3 heterocycles. The minimum atomic E-state index is 0.0452. The van der Waals surface area contributed by atoms with Crippen LogP contribution in [0.25, 0.3) is 0 Å². The van der Waals surface area contributed by atoms with Crippen LogP contribution in [0, 0.1) is 25.7 Å². The molecule has 1 amide bonds. The van der Waals surface area contributed by atoms with Crippen LogP contribution < -0.4 is 14.6 Å². The number of allylic oxidation sites excluding steroid dienone is 1. The zero-order valence-corrected chi connectivity index (χ0v) is 20.4. The molecule has 4 rings (SSSR count). The molecule has 8 nitrogen and oxygen atoms in total. The number of aryl methyl sites for hydroxylation is 2. The molecule has 2 aromatic rings. The van der Waals surface area contributed by atoms with Crippen LogP contribution in [0.3, 0.4) is 0 Å². The summed E-state index contributed by atoms with van der Waals surface area (Å²) in [5.74, 6) is 2.37. The van der Waals surface area contributed by atoms with Crippen LogP contribution in [0.1, 0.15) is 28.7 Å². The van der Waals surface area contributed by atoms with E-state index in [1.54, 1.807) is 7.11 Å². The van der Waals surface area contributed by atoms with Gasteiger partial charge in [-0.25, -0.2) is 15.0 Å². The lowest BCUT2D eigenvalue weighted by molar-refractivity contribution is 0.0782. The number of likely N-dealkylation sites (tertiary alicyclic amines) is 1. The summed E-state index contributed by atoms with van der Waals surface area (Å²) in [5.41, 5.74) is 3.39. The second-order valence-corrected chi connectivity index (χ2v) is 9.12. The monoisotopic (exact) mass is 450 g/mol. The van der Waals surface area contributed by atoms with Gasteiger partial charge in [-0.1, -0.05) is 12.1 Å². The first-order chi connectivity index (χ1) is 15.8. The van der Waals surface area contributed by atoms with Crippen molar-refractivity contribution in [3.05, 3.63) is 53.5 Å². The van der Waals surface area contributed by atoms with Crippen molar-refractivity contribution in [1.82, 2.24) is 19.9 Å². The number of hydrazine groups is 1. The summed E-state index contributed by atoms with van der Waals surface area (Å²) in [7, 11) is 5.54. The van der Waals surface area contributed by atoms with Crippen molar-refractivity contribution in [3.63, 3.8) is 0 Å². The van der Waals surface area contributed by atoms with Crippen molar-refractivity contribution in [2.75, 3.05) is 57.3 Å². The van der Waals surface area contributed by atoms with E-state index in [4.69, 9.17) is 4.74 Å². The largest absolute Gasteiger partial charge is 0.494 e. The predicted octanol–water partition coefficient (Wildman–Crippen LogP) is 3.13. The molecule has 33 heavy (non-hydrogen) atoms. The molecule has 176 valence electrons. The number of carbonyl (C=O) groups is 1. The second-order valence-electron chi connectivity index (χ2n) is 9.12. The highest BCUT2D eigenvalue weighted by Gasteiger charge is 2.43. The van der Waals surface area contributed by atoms with Gasteiger partial charge in [-0.15, -0.1) is 0 Å². The topological polar surface area (TPSA) is 65.0 Å². The normalized spacial score (nSPS) is 20.1. The number of aromatic nitrogens is 2. The molecule has 2 atom stereocenters. The third-order valence-electron chi connectivity index (χ3n) is 6.43. The van der Waals surface area contributed by atoms with Crippen LogP contribution in [0.4, 0.5) is 11.6 Å². The SMILES string of the molecule is C/C=C\N(c1c(OC)cccc1C(=O)N1CC2CN(c3nc(C)cc(C)n3)CC2C1)N(C)C. The lowest BCUT2D eigenvalue weighted by Crippen LogP contribution is -2.37. The van der Waals surface area contributed by atoms with Gasteiger partial charge in [0.25, 0.3) is 5.91 Å². The van der Waals surface area contributed by atoms with E-state index in [1.165, 1.54) is 0 Å². The van der Waals surface area contributed by atoms with Crippen LogP contribution in [-0.2, 0) is 0 Å². The summed E-state index contributed by atoms with van der Waals surface area (Å²) in [6, 6.07) is 7.67. The molecule has 2 aliphatic heterocycles. The highest BCUT2D eigenvalue weighted by atomic mass is 16.5. The Hall–Kier alpha value is -3.13. The summed E-state index contributed by atoms with van der Waals surface area (Å²) >= 11 is 0. The van der Waals surface area contributed by atoms with Crippen LogP contribution >= 0.6 is 0 Å². The maximum absolute atomic E-state index is 13.7. The number of methoxy groups -OCH3 is 1. The number of hydrogen-bond acceptors (Lipinski definition) is 7. The Balaban J connectivity index is 1.54. The van der Waals surface area contributed by atoms with Gasteiger partial charge in [-0.05, 0) is 39.0 Å². The number of benzene rings is 1. The summed E-state index contributed by atoms with van der Waals surface area (Å²) in [4.78, 5) is 27.2. The zero-order valence-electron chi connectivity index (χ0n) is 20.4. The van der Waals surface area contributed by atoms with E-state index < -0.39 is 0 Å². The van der Waals surface area contributed by atoms with Crippen molar-refractivity contribution in [3.8, 4) is 5.75 Å². The molecule has 0 N–H and O–H groups in total. The number of anilines is 2. The Morgan fingerprint density at radius 2 is 1.73 bits per heavy atom. The summed E-state index contributed by atoms with van der Waals surface area (Å²) in [6.45, 7) is 9.22. The van der Waals surface area contributed by atoms with E-state index in [-0.39, 0.29) is 5.91 Å². The van der Waals surface area contributed by atoms with E-state index in [0.29, 0.717) is 23.1 Å². The van der Waals surface area contributed by atoms with Gasteiger partial charge < -0.3 is 14.5 Å². The van der Waals surface area contributed by atoms with Gasteiger partial charge in [-0.3, -0.25) is 9.80 Å². The van der Waals surface area contributed by atoms with Gasteiger partial charge in [0, 0.05) is 69.7 Å². The zero-order chi connectivity index (χ0) is 23.7. The molecule has 8 heteroatoms. The first kappa shape index (κ1) is 23.0. The molecule has 1 aromatic heterocycles. The molecular weight excluding hydrogens is 416 g/mol. The number of nitrogens with zero attached hydrogens (tertiary/aromatic N) is 6. The molecule has 1 aromatic carbocycles. The third-order valence-corrected chi connectivity index (χ3v) is 6.43. The van der Waals surface area contributed by atoms with Crippen LogP contribution in [0.15, 0.2) is 36.5 Å². The Morgan fingerprint density at radius 1 is 1.09 bits per heavy atom. The highest BCUT2D eigenvalue weighted by molar-refractivity contribution is 6.01. The fourth-order valence-corrected chi connectivity index (χ4v) is 4.99. The predicted molar refractivity (Wildman–Crippen MR) is 131 cm³/mol. The Morgan fingerprint density at radius 3 is 2.27 bits per heavy atom. The van der Waals surface area contributed by atoms with E-state index in [2.05, 4.69) is 14.9 Å². The molecule has 2 unspecified atom stereocenters. The smallest absolute Gasteiger partial charge is 0.256 e. The standard InChI is InChI=1S/C25H34N6O2/c1-7-11-31(28(4)5)23-21(9-8-10-22(23)33-6)24(32)29-13-19-15-30(16-20(19)14-29)25-26-17(2)12-18(3)27-25/h7-12,19-20H,13-16H2,1-6H3/b11-7-. The number of para-hydroxylation sites is 1. The lowest BCUT2D eigenvalue weighted by atomic mass is 10.0. The summed E-state index contributed by atoms with van der Waals surface area (Å²) in [5, 5.41) is 3.89. The fourth-order valence-electron chi connectivity index (χ4n) is 4.99. The lowest BCUT2D eigenvalue weighted by Gasteiger charge is -2.31. The van der Waals surface area contributed by atoms with Gasteiger partial charge >= 0.3 is 0 Å². The van der Waals surface area contributed by atoms with E-state index in [1.807, 2.05) is 86.3 Å². The molecule has 2 fully saturated rings. The van der Waals surface area contributed by atoms with Crippen LogP contribution in [0.5, 0.6) is 5.75 Å². The van der Waals surface area contributed by atoms with Gasteiger partial charge in [0.05, 0.1) is 12.7 Å². The minimum Gasteiger partial charge on any atom is -0.494 e. The van der Waals surface area contributed by atoms with E-state index in [9.17, 15) is 4.79 Å². The maximum atomic E-state index is 13.7. The van der Waals surface area contributed by atoms with Crippen molar-refractivity contribution in [2.45, 2.75) is 20.8 Å². The van der Waals surface area contributed by atoms with Crippen molar-refractivity contribution in [2.24, 2.45) is 11.8 Å². The number of ether oxygens (including phenoxy) is 1. The quantitative estimate of drug-likeness (QED) is 0.627. The molecule has 0 radical (unpaired) electrons. The molecule has 0 saturated carbocycles. The second kappa shape index (κ2) is 9.39. The molecule has 0 aliphatic carbocycles. The Labute approximate surface area is 196 Å². The Bertz CT molecular complexity index is 1020. The number of hydrogen-bond donors (Lipinski definition) is 0. The van der Waals surface area contributed by atoms with Gasteiger partial charge in [0.15, 0.2) is 0 Å². The molecule has 2 aliphatic rings. The molecule has 2 saturated heterocycles. The van der Waals surface area contributed by atoms with Crippen LogP contribution in [0.2, 0.25) is 0 Å². The molecular formula is C25H34N6O2. The first-order valence-electron chi connectivity index (χ1n) is 11.4. The number of rotatable bonds is 6. The van der Waals surface area contributed by atoms with E-state index >= 15 is 0 Å². The van der Waals surface area contributed by atoms with Crippen molar-refractivity contribution < 1.29 is 9.53 Å². The molecule has 0 bridgehead atoms. The van der Waals surface area contributed by atoms with Crippen LogP contribution in [-0.4, -0.2) is 73.2 Å². The van der Waals surface area contributed by atoms with Gasteiger partial charge in [0.1, 0.15) is 11.4 Å². The third kappa shape index (κ3) is 4.53. The number of amides is 1. The summed E-state index contributed by atoms with van der Waals surface area (Å²) in [6.07, 6.45) is 3.89. The van der Waals surface area contributed by atoms with E-state index in [0.717, 1.165) is 49.2 Å². The Kier molecular flexibility index (Phi) is 6.56. The maximum Gasteiger partial charge on any atom is 0.256 e. The van der Waals surface area contributed by atoms with Gasteiger partial charge in [0.2, 0.25) is 5.95 Å². The number of carbonyl (C=O) groups excluding carboxylic acids is 1. The molecule has 0 spiro atoms. The summed E-state index contributed by atoms with van der Waals surface area (Å²) < 4.78 is 5.64. The first-order valence-corrected chi connectivity index (χ1v) is 11.4. The average Bonchev–Trinajstić information content (AvgIpc) is 3.35. The number of fused-ring (bicyclic) bond motifs is 1. The fraction of sp³-hybridized carbons (Fsp3) is 0.480. The van der Waals surface area contributed by atoms with Gasteiger partial charge in [-0.2, -0.15) is 0 Å². The highest BCUT2D eigenvalue weighted by Crippen LogP contribution is 2.37. The minimum absolute atomic E-state index is 0.0452.